The smallest absolute Gasteiger partial charge is 0.0223 e. The monoisotopic (exact) mass is 280 g/mol. The van der Waals surface area contributed by atoms with E-state index < -0.39 is 0 Å². The van der Waals surface area contributed by atoms with Gasteiger partial charge in [0.05, 0.1) is 0 Å². The van der Waals surface area contributed by atoms with Crippen molar-refractivity contribution < 1.29 is 0 Å². The maximum atomic E-state index is 2.82. The molecule has 2 aliphatic heterocycles. The minimum atomic E-state index is 0.852. The fraction of sp³-hybridized carbons (Fsp3) is 1.00. The molecule has 2 heterocycles. The topological polar surface area (TPSA) is 6.48 Å². The van der Waals surface area contributed by atoms with Crippen molar-refractivity contribution in [1.82, 2.24) is 9.80 Å². The van der Waals surface area contributed by atoms with E-state index in [1.807, 2.05) is 0 Å². The number of hydrogen-bond acceptors (Lipinski definition) is 2. The molecule has 2 saturated heterocycles. The Kier molecular flexibility index (Phi) is 7.97. The fourth-order valence-electron chi connectivity index (χ4n) is 3.92. The summed E-state index contributed by atoms with van der Waals surface area (Å²) >= 11 is 0. The maximum Gasteiger partial charge on any atom is 0.0223 e. The summed E-state index contributed by atoms with van der Waals surface area (Å²) in [5.41, 5.74) is 0. The summed E-state index contributed by atoms with van der Waals surface area (Å²) in [4.78, 5) is 5.58. The molecule has 2 heteroatoms. The second kappa shape index (κ2) is 9.78. The van der Waals surface area contributed by atoms with Crippen LogP contribution in [0.4, 0.5) is 0 Å². The van der Waals surface area contributed by atoms with Crippen LogP contribution in [0.5, 0.6) is 0 Å². The first-order valence-electron chi connectivity index (χ1n) is 9.36. The third-order valence-corrected chi connectivity index (χ3v) is 5.22. The standard InChI is InChI=1S/C18H36N2/c1-2-3-4-7-12-18(20-15-10-6-11-16-20)17-19-13-8-5-9-14-19/h18H,2-17H2,1H3/t18-/m0/s1. The molecule has 0 N–H and O–H groups in total. The van der Waals surface area contributed by atoms with Gasteiger partial charge in [-0.3, -0.25) is 4.90 Å². The average Bonchev–Trinajstić information content (AvgIpc) is 2.52. The molecule has 0 amide bonds. The highest BCUT2D eigenvalue weighted by Gasteiger charge is 2.23. The molecule has 1 atom stereocenters. The number of rotatable bonds is 8. The third-order valence-electron chi connectivity index (χ3n) is 5.22. The van der Waals surface area contributed by atoms with Crippen LogP contribution in [0.25, 0.3) is 0 Å². The first-order valence-corrected chi connectivity index (χ1v) is 9.36. The average molecular weight is 280 g/mol. The zero-order chi connectivity index (χ0) is 14.0. The van der Waals surface area contributed by atoms with Crippen molar-refractivity contribution in [3.63, 3.8) is 0 Å². The van der Waals surface area contributed by atoms with E-state index in [4.69, 9.17) is 0 Å². The molecular weight excluding hydrogens is 244 g/mol. The van der Waals surface area contributed by atoms with Crippen LogP contribution in [0.3, 0.4) is 0 Å². The summed E-state index contributed by atoms with van der Waals surface area (Å²) in [5, 5.41) is 0. The van der Waals surface area contributed by atoms with Gasteiger partial charge in [0.25, 0.3) is 0 Å². The Morgan fingerprint density at radius 3 is 2.05 bits per heavy atom. The Balaban J connectivity index is 1.77. The van der Waals surface area contributed by atoms with Gasteiger partial charge >= 0.3 is 0 Å². The van der Waals surface area contributed by atoms with Crippen molar-refractivity contribution in [3.05, 3.63) is 0 Å². The Bertz CT molecular complexity index is 230. The second-order valence-electron chi connectivity index (χ2n) is 6.96. The van der Waals surface area contributed by atoms with Gasteiger partial charge in [0.15, 0.2) is 0 Å². The lowest BCUT2D eigenvalue weighted by atomic mass is 10.0. The van der Waals surface area contributed by atoms with Crippen molar-refractivity contribution >= 4 is 0 Å². The lowest BCUT2D eigenvalue weighted by molar-refractivity contribution is 0.101. The molecule has 0 aliphatic carbocycles. The van der Waals surface area contributed by atoms with E-state index in [1.165, 1.54) is 103 Å². The number of unbranched alkanes of at least 4 members (excludes halogenated alkanes) is 3. The lowest BCUT2D eigenvalue weighted by Crippen LogP contribution is -2.47. The van der Waals surface area contributed by atoms with Crippen molar-refractivity contribution in [1.29, 1.82) is 0 Å². The molecule has 2 aliphatic rings. The van der Waals surface area contributed by atoms with E-state index in [0.717, 1.165) is 6.04 Å². The van der Waals surface area contributed by atoms with Crippen molar-refractivity contribution in [2.45, 2.75) is 83.6 Å². The van der Waals surface area contributed by atoms with E-state index in [9.17, 15) is 0 Å². The molecule has 2 rings (SSSR count). The van der Waals surface area contributed by atoms with Crippen molar-refractivity contribution in [2.75, 3.05) is 32.7 Å². The predicted octanol–water partition coefficient (Wildman–Crippen LogP) is 4.30. The normalized spacial score (nSPS) is 23.9. The zero-order valence-electron chi connectivity index (χ0n) is 13.8. The van der Waals surface area contributed by atoms with E-state index >= 15 is 0 Å². The Labute approximate surface area is 126 Å². The summed E-state index contributed by atoms with van der Waals surface area (Å²) in [6.45, 7) is 9.12. The van der Waals surface area contributed by atoms with Crippen LogP contribution in [-0.4, -0.2) is 48.6 Å². The van der Waals surface area contributed by atoms with Crippen LogP contribution in [0, 0.1) is 0 Å². The molecule has 0 unspecified atom stereocenters. The molecule has 2 fully saturated rings. The molecule has 0 aromatic carbocycles. The summed E-state index contributed by atoms with van der Waals surface area (Å²) < 4.78 is 0. The third kappa shape index (κ3) is 5.73. The number of piperidine rings is 2. The van der Waals surface area contributed by atoms with Gasteiger partial charge < -0.3 is 4.90 Å². The molecular formula is C18H36N2. The molecule has 0 aromatic heterocycles. The second-order valence-corrected chi connectivity index (χ2v) is 6.96. The number of likely N-dealkylation sites (tertiary alicyclic amines) is 2. The largest absolute Gasteiger partial charge is 0.302 e. The van der Waals surface area contributed by atoms with Crippen LogP contribution in [0.1, 0.15) is 77.6 Å². The van der Waals surface area contributed by atoms with Crippen LogP contribution < -0.4 is 0 Å². The van der Waals surface area contributed by atoms with Gasteiger partial charge in [-0.25, -0.2) is 0 Å². The highest BCUT2D eigenvalue weighted by molar-refractivity contribution is 4.79. The van der Waals surface area contributed by atoms with Gasteiger partial charge in [-0.2, -0.15) is 0 Å². The van der Waals surface area contributed by atoms with Gasteiger partial charge in [-0.05, 0) is 58.3 Å². The first kappa shape index (κ1) is 16.3. The predicted molar refractivity (Wildman–Crippen MR) is 88.3 cm³/mol. The van der Waals surface area contributed by atoms with Gasteiger partial charge in [-0.1, -0.05) is 45.4 Å². The highest BCUT2D eigenvalue weighted by Crippen LogP contribution is 2.19. The lowest BCUT2D eigenvalue weighted by Gasteiger charge is -2.39. The number of hydrogen-bond donors (Lipinski definition) is 0. The minimum absolute atomic E-state index is 0.852. The van der Waals surface area contributed by atoms with E-state index in [0.29, 0.717) is 0 Å². The summed E-state index contributed by atoms with van der Waals surface area (Å²) in [7, 11) is 0. The molecule has 0 spiro atoms. The van der Waals surface area contributed by atoms with Crippen LogP contribution in [-0.2, 0) is 0 Å². The summed E-state index contributed by atoms with van der Waals surface area (Å²) in [5.74, 6) is 0. The van der Waals surface area contributed by atoms with Gasteiger partial charge in [0.1, 0.15) is 0 Å². The number of nitrogens with zero attached hydrogens (tertiary/aromatic N) is 2. The Morgan fingerprint density at radius 1 is 0.750 bits per heavy atom. The van der Waals surface area contributed by atoms with E-state index in [-0.39, 0.29) is 0 Å². The summed E-state index contributed by atoms with van der Waals surface area (Å²) in [6, 6.07) is 0.852. The molecule has 0 aromatic rings. The SMILES string of the molecule is CCCCCC[C@@H](CN1CCCCC1)N1CCCCC1. The quantitative estimate of drug-likeness (QED) is 0.612. The molecule has 2 nitrogen and oxygen atoms in total. The molecule has 20 heavy (non-hydrogen) atoms. The zero-order valence-corrected chi connectivity index (χ0v) is 13.8. The molecule has 0 radical (unpaired) electrons. The summed E-state index contributed by atoms with van der Waals surface area (Å²) in [6.07, 6.45) is 15.8. The van der Waals surface area contributed by atoms with Gasteiger partial charge in [0, 0.05) is 12.6 Å². The van der Waals surface area contributed by atoms with Crippen LogP contribution in [0.15, 0.2) is 0 Å². The Hall–Kier alpha value is -0.0800. The maximum absolute atomic E-state index is 2.82. The van der Waals surface area contributed by atoms with Gasteiger partial charge in [0.2, 0.25) is 0 Å². The van der Waals surface area contributed by atoms with Gasteiger partial charge in [-0.15, -0.1) is 0 Å². The molecule has 0 saturated carbocycles. The van der Waals surface area contributed by atoms with Crippen LogP contribution in [0.2, 0.25) is 0 Å². The molecule has 118 valence electrons. The van der Waals surface area contributed by atoms with E-state index in [2.05, 4.69) is 16.7 Å². The Morgan fingerprint density at radius 2 is 1.40 bits per heavy atom. The van der Waals surface area contributed by atoms with Crippen molar-refractivity contribution in [2.24, 2.45) is 0 Å². The van der Waals surface area contributed by atoms with E-state index in [1.54, 1.807) is 0 Å². The highest BCUT2D eigenvalue weighted by atomic mass is 15.2. The minimum Gasteiger partial charge on any atom is -0.302 e. The fourth-order valence-corrected chi connectivity index (χ4v) is 3.92. The first-order chi connectivity index (χ1) is 9.90. The molecule has 0 bridgehead atoms. The van der Waals surface area contributed by atoms with Crippen LogP contribution >= 0.6 is 0 Å². The van der Waals surface area contributed by atoms with Crippen molar-refractivity contribution in [3.8, 4) is 0 Å².